The molecule has 0 aliphatic carbocycles. The summed E-state index contributed by atoms with van der Waals surface area (Å²) in [6.45, 7) is 3.68. The van der Waals surface area contributed by atoms with Gasteiger partial charge in [0.2, 0.25) is 11.8 Å². The quantitative estimate of drug-likeness (QED) is 0.750. The molecule has 6 heteroatoms. The number of hydrogen-bond donors (Lipinski definition) is 3. The molecule has 2 heterocycles. The van der Waals surface area contributed by atoms with Gasteiger partial charge in [-0.1, -0.05) is 12.1 Å². The van der Waals surface area contributed by atoms with E-state index in [0.29, 0.717) is 26.2 Å². The number of benzene rings is 1. The Labute approximate surface area is 123 Å². The van der Waals surface area contributed by atoms with E-state index >= 15 is 0 Å². The molecule has 1 fully saturated rings. The van der Waals surface area contributed by atoms with Crippen molar-refractivity contribution in [2.24, 2.45) is 0 Å². The summed E-state index contributed by atoms with van der Waals surface area (Å²) in [5.74, 6) is -0.0423. The Morgan fingerprint density at radius 2 is 2.33 bits per heavy atom. The first-order chi connectivity index (χ1) is 10.1. The number of hydrogen-bond acceptors (Lipinski definition) is 4. The van der Waals surface area contributed by atoms with E-state index in [9.17, 15) is 9.59 Å². The zero-order valence-electron chi connectivity index (χ0n) is 11.9. The summed E-state index contributed by atoms with van der Waals surface area (Å²) in [4.78, 5) is 23.5. The first-order valence-corrected chi connectivity index (χ1v) is 7.17. The topological polar surface area (TPSA) is 79.5 Å². The fraction of sp³-hybridized carbons (Fsp3) is 0.467. The van der Waals surface area contributed by atoms with Crippen LogP contribution in [0.1, 0.15) is 24.1 Å². The average molecular weight is 289 g/mol. The Kier molecular flexibility index (Phi) is 3.90. The highest BCUT2D eigenvalue weighted by molar-refractivity contribution is 5.99. The minimum Gasteiger partial charge on any atom is -0.378 e. The molecule has 0 saturated carbocycles. The standard InChI is InChI=1S/C15H19N3O3/c1-9(17-15(20)13-8-21-5-4-16-13)10-2-3-12-11(6-10)7-14(19)18-12/h2-3,6,9,13,16H,4-5,7-8H2,1H3,(H,17,20)(H,18,19)/t9-,13-/m1/s1. The molecule has 2 atom stereocenters. The SMILES string of the molecule is C[C@@H](NC(=O)[C@H]1COCCN1)c1ccc2c(c1)CC(=O)N2. The molecule has 3 rings (SSSR count). The summed E-state index contributed by atoms with van der Waals surface area (Å²) in [7, 11) is 0. The maximum absolute atomic E-state index is 12.1. The van der Waals surface area contributed by atoms with Crippen LogP contribution in [0.3, 0.4) is 0 Å². The van der Waals surface area contributed by atoms with Crippen molar-refractivity contribution in [3.8, 4) is 0 Å². The van der Waals surface area contributed by atoms with Gasteiger partial charge in [0.25, 0.3) is 0 Å². The average Bonchev–Trinajstić information content (AvgIpc) is 2.87. The van der Waals surface area contributed by atoms with Crippen molar-refractivity contribution in [3.63, 3.8) is 0 Å². The summed E-state index contributed by atoms with van der Waals surface area (Å²) < 4.78 is 5.29. The zero-order chi connectivity index (χ0) is 14.8. The van der Waals surface area contributed by atoms with Crippen molar-refractivity contribution in [2.75, 3.05) is 25.1 Å². The summed E-state index contributed by atoms with van der Waals surface area (Å²) in [5.41, 5.74) is 2.85. The van der Waals surface area contributed by atoms with Gasteiger partial charge in [0.05, 0.1) is 25.7 Å². The molecule has 2 amide bonds. The molecule has 3 N–H and O–H groups in total. The second-order valence-corrected chi connectivity index (χ2v) is 5.45. The van der Waals surface area contributed by atoms with Crippen LogP contribution in [-0.2, 0) is 20.7 Å². The van der Waals surface area contributed by atoms with E-state index in [1.54, 1.807) is 0 Å². The van der Waals surface area contributed by atoms with Crippen LogP contribution in [0.25, 0.3) is 0 Å². The summed E-state index contributed by atoms with van der Waals surface area (Å²) in [5, 5.41) is 8.92. The van der Waals surface area contributed by atoms with Gasteiger partial charge in [-0.05, 0) is 24.1 Å². The molecule has 2 aliphatic heterocycles. The van der Waals surface area contributed by atoms with E-state index in [1.165, 1.54) is 0 Å². The molecule has 0 aromatic heterocycles. The summed E-state index contributed by atoms with van der Waals surface area (Å²) >= 11 is 0. The van der Waals surface area contributed by atoms with Crippen LogP contribution in [-0.4, -0.2) is 37.6 Å². The number of nitrogens with one attached hydrogen (secondary N) is 3. The van der Waals surface area contributed by atoms with E-state index in [4.69, 9.17) is 4.74 Å². The van der Waals surface area contributed by atoms with Crippen LogP contribution in [0.5, 0.6) is 0 Å². The van der Waals surface area contributed by atoms with E-state index in [1.807, 2.05) is 25.1 Å². The van der Waals surface area contributed by atoms with Gasteiger partial charge in [0, 0.05) is 12.2 Å². The van der Waals surface area contributed by atoms with E-state index in [2.05, 4.69) is 16.0 Å². The Balaban J connectivity index is 1.65. The third-order valence-corrected chi connectivity index (χ3v) is 3.85. The van der Waals surface area contributed by atoms with E-state index < -0.39 is 0 Å². The Bertz CT molecular complexity index is 567. The minimum absolute atomic E-state index is 0.0161. The fourth-order valence-corrected chi connectivity index (χ4v) is 2.65. The lowest BCUT2D eigenvalue weighted by Crippen LogP contribution is -2.51. The van der Waals surface area contributed by atoms with E-state index in [0.717, 1.165) is 16.8 Å². The molecular weight excluding hydrogens is 270 g/mol. The van der Waals surface area contributed by atoms with Gasteiger partial charge in [-0.25, -0.2) is 0 Å². The molecule has 21 heavy (non-hydrogen) atoms. The lowest BCUT2D eigenvalue weighted by molar-refractivity contribution is -0.126. The number of carbonyl (C=O) groups is 2. The Hall–Kier alpha value is -1.92. The van der Waals surface area contributed by atoms with Gasteiger partial charge in [0.15, 0.2) is 0 Å². The number of ether oxygens (including phenoxy) is 1. The maximum Gasteiger partial charge on any atom is 0.240 e. The van der Waals surface area contributed by atoms with Crippen LogP contribution in [0.2, 0.25) is 0 Å². The molecule has 1 aromatic carbocycles. The molecular formula is C15H19N3O3. The molecule has 112 valence electrons. The van der Waals surface area contributed by atoms with Crippen molar-refractivity contribution in [2.45, 2.75) is 25.4 Å². The first-order valence-electron chi connectivity index (χ1n) is 7.17. The lowest BCUT2D eigenvalue weighted by atomic mass is 10.0. The highest BCUT2D eigenvalue weighted by atomic mass is 16.5. The molecule has 2 aliphatic rings. The van der Waals surface area contributed by atoms with Crippen molar-refractivity contribution < 1.29 is 14.3 Å². The highest BCUT2D eigenvalue weighted by Crippen LogP contribution is 2.26. The van der Waals surface area contributed by atoms with Crippen LogP contribution in [0.4, 0.5) is 5.69 Å². The lowest BCUT2D eigenvalue weighted by Gasteiger charge is -2.25. The second kappa shape index (κ2) is 5.83. The summed E-state index contributed by atoms with van der Waals surface area (Å²) in [6, 6.07) is 5.39. The number of anilines is 1. The van der Waals surface area contributed by atoms with Crippen LogP contribution < -0.4 is 16.0 Å². The number of fused-ring (bicyclic) bond motifs is 1. The van der Waals surface area contributed by atoms with Crippen molar-refractivity contribution in [1.82, 2.24) is 10.6 Å². The van der Waals surface area contributed by atoms with Gasteiger partial charge in [-0.15, -0.1) is 0 Å². The molecule has 1 aromatic rings. The van der Waals surface area contributed by atoms with Crippen molar-refractivity contribution >= 4 is 17.5 Å². The van der Waals surface area contributed by atoms with Gasteiger partial charge in [0.1, 0.15) is 6.04 Å². The van der Waals surface area contributed by atoms with Gasteiger partial charge >= 0.3 is 0 Å². The second-order valence-electron chi connectivity index (χ2n) is 5.45. The molecule has 0 bridgehead atoms. The van der Waals surface area contributed by atoms with Crippen molar-refractivity contribution in [1.29, 1.82) is 0 Å². The zero-order valence-corrected chi connectivity index (χ0v) is 11.9. The number of amides is 2. The third-order valence-electron chi connectivity index (χ3n) is 3.85. The Morgan fingerprint density at radius 3 is 3.10 bits per heavy atom. The van der Waals surface area contributed by atoms with Crippen LogP contribution >= 0.6 is 0 Å². The maximum atomic E-state index is 12.1. The van der Waals surface area contributed by atoms with Crippen LogP contribution in [0, 0.1) is 0 Å². The van der Waals surface area contributed by atoms with Crippen LogP contribution in [0.15, 0.2) is 18.2 Å². The monoisotopic (exact) mass is 289 g/mol. The van der Waals surface area contributed by atoms with Gasteiger partial charge in [-0.2, -0.15) is 0 Å². The Morgan fingerprint density at radius 1 is 1.48 bits per heavy atom. The van der Waals surface area contributed by atoms with Crippen molar-refractivity contribution in [3.05, 3.63) is 29.3 Å². The minimum atomic E-state index is -0.293. The number of rotatable bonds is 3. The predicted molar refractivity (Wildman–Crippen MR) is 77.9 cm³/mol. The fourth-order valence-electron chi connectivity index (χ4n) is 2.65. The normalized spacial score (nSPS) is 22.3. The predicted octanol–water partition coefficient (Wildman–Crippen LogP) is 0.347. The molecule has 1 saturated heterocycles. The smallest absolute Gasteiger partial charge is 0.240 e. The van der Waals surface area contributed by atoms with Gasteiger partial charge in [-0.3, -0.25) is 9.59 Å². The first kappa shape index (κ1) is 14.0. The van der Waals surface area contributed by atoms with Gasteiger partial charge < -0.3 is 20.7 Å². The molecule has 0 spiro atoms. The van der Waals surface area contributed by atoms with E-state index in [-0.39, 0.29) is 23.9 Å². The number of morpholine rings is 1. The highest BCUT2D eigenvalue weighted by Gasteiger charge is 2.24. The number of carbonyl (C=O) groups excluding carboxylic acids is 2. The molecule has 6 nitrogen and oxygen atoms in total. The largest absolute Gasteiger partial charge is 0.378 e. The molecule has 0 unspecified atom stereocenters. The third kappa shape index (κ3) is 3.06. The summed E-state index contributed by atoms with van der Waals surface area (Å²) in [6.07, 6.45) is 0.405. The molecule has 0 radical (unpaired) electrons.